The highest BCUT2D eigenvalue weighted by atomic mass is 32.2. The van der Waals surface area contributed by atoms with E-state index in [0.717, 1.165) is 13.1 Å². The minimum atomic E-state index is -3.08. The Kier molecular flexibility index (Phi) is 5.62. The first-order valence-electron chi connectivity index (χ1n) is 7.87. The number of anilines is 1. The van der Waals surface area contributed by atoms with E-state index in [9.17, 15) is 17.6 Å². The molecule has 1 aromatic carbocycles. The van der Waals surface area contributed by atoms with Crippen molar-refractivity contribution in [3.63, 3.8) is 0 Å². The summed E-state index contributed by atoms with van der Waals surface area (Å²) in [6, 6.07) is 4.91. The van der Waals surface area contributed by atoms with Gasteiger partial charge in [-0.2, -0.15) is 0 Å². The molecule has 1 N–H and O–H groups in total. The number of hydrogen-bond donors (Lipinski definition) is 1. The van der Waals surface area contributed by atoms with E-state index in [4.69, 9.17) is 0 Å². The molecule has 0 spiro atoms. The largest absolute Gasteiger partial charge is 0.370 e. The molecule has 23 heavy (non-hydrogen) atoms. The zero-order chi connectivity index (χ0) is 17.0. The second-order valence-corrected chi connectivity index (χ2v) is 8.00. The molecule has 7 heteroatoms. The van der Waals surface area contributed by atoms with E-state index in [1.165, 1.54) is 6.07 Å². The molecule has 0 aromatic heterocycles. The first-order valence-corrected chi connectivity index (χ1v) is 9.70. The fourth-order valence-electron chi connectivity index (χ4n) is 2.82. The quantitative estimate of drug-likeness (QED) is 0.855. The van der Waals surface area contributed by atoms with Gasteiger partial charge in [0.1, 0.15) is 5.82 Å². The van der Waals surface area contributed by atoms with Crippen molar-refractivity contribution < 1.29 is 17.6 Å². The number of carbonyl (C=O) groups excluding carboxylic acids is 1. The van der Waals surface area contributed by atoms with E-state index in [-0.39, 0.29) is 29.8 Å². The number of nitrogens with zero attached hydrogens (tertiary/aromatic N) is 1. The summed E-state index contributed by atoms with van der Waals surface area (Å²) < 4.78 is 36.9. The first-order chi connectivity index (χ1) is 10.9. The van der Waals surface area contributed by atoms with Crippen LogP contribution in [0.15, 0.2) is 18.2 Å². The number of benzene rings is 1. The molecule has 1 aromatic rings. The van der Waals surface area contributed by atoms with Crippen molar-refractivity contribution >= 4 is 21.4 Å². The van der Waals surface area contributed by atoms with Crippen LogP contribution in [-0.2, 0) is 21.2 Å². The Balaban J connectivity index is 1.96. The van der Waals surface area contributed by atoms with Crippen molar-refractivity contribution in [3.8, 4) is 0 Å². The maximum Gasteiger partial charge on any atom is 0.224 e. The third-order valence-electron chi connectivity index (χ3n) is 4.19. The van der Waals surface area contributed by atoms with Gasteiger partial charge in [-0.05, 0) is 38.0 Å². The molecule has 0 saturated carbocycles. The van der Waals surface area contributed by atoms with Gasteiger partial charge in [0.25, 0.3) is 0 Å². The van der Waals surface area contributed by atoms with Gasteiger partial charge in [-0.15, -0.1) is 0 Å². The van der Waals surface area contributed by atoms with E-state index in [1.807, 2.05) is 18.7 Å². The van der Waals surface area contributed by atoms with Gasteiger partial charge in [-0.1, -0.05) is 6.07 Å². The molecule has 1 heterocycles. The number of amides is 1. The summed E-state index contributed by atoms with van der Waals surface area (Å²) >= 11 is 0. The van der Waals surface area contributed by atoms with Crippen LogP contribution in [0.5, 0.6) is 0 Å². The second-order valence-electron chi connectivity index (χ2n) is 5.78. The van der Waals surface area contributed by atoms with Crippen LogP contribution in [0, 0.1) is 11.7 Å². The van der Waals surface area contributed by atoms with Gasteiger partial charge in [-0.25, -0.2) is 12.8 Å². The molecule has 128 valence electrons. The molecule has 0 aliphatic carbocycles. The van der Waals surface area contributed by atoms with E-state index in [1.54, 1.807) is 12.1 Å². The number of hydrogen-bond acceptors (Lipinski definition) is 4. The van der Waals surface area contributed by atoms with Crippen molar-refractivity contribution in [1.29, 1.82) is 0 Å². The summed E-state index contributed by atoms with van der Waals surface area (Å²) in [5.41, 5.74) is 1.21. The topological polar surface area (TPSA) is 66.5 Å². The maximum atomic E-state index is 14.2. The summed E-state index contributed by atoms with van der Waals surface area (Å²) in [5.74, 6) is -1.10. The van der Waals surface area contributed by atoms with Gasteiger partial charge in [0.05, 0.1) is 23.1 Å². The zero-order valence-corrected chi connectivity index (χ0v) is 14.3. The molecule has 2 rings (SSSR count). The van der Waals surface area contributed by atoms with Crippen LogP contribution in [0.4, 0.5) is 10.1 Å². The Bertz CT molecular complexity index is 672. The van der Waals surface area contributed by atoms with Gasteiger partial charge in [0, 0.05) is 19.6 Å². The Labute approximate surface area is 136 Å². The zero-order valence-electron chi connectivity index (χ0n) is 13.5. The lowest BCUT2D eigenvalue weighted by molar-refractivity contribution is -0.124. The molecule has 1 atom stereocenters. The maximum absolute atomic E-state index is 14.2. The van der Waals surface area contributed by atoms with Crippen LogP contribution >= 0.6 is 0 Å². The SMILES string of the molecule is CCN(CC)c1ccc(CNC(=O)[C@@H]2CCS(=O)(=O)C2)cc1F. The van der Waals surface area contributed by atoms with E-state index in [0.29, 0.717) is 17.7 Å². The van der Waals surface area contributed by atoms with Gasteiger partial charge in [0.2, 0.25) is 5.91 Å². The molecule has 0 bridgehead atoms. The Hall–Kier alpha value is -1.63. The Morgan fingerprint density at radius 3 is 2.57 bits per heavy atom. The average molecular weight is 342 g/mol. The smallest absolute Gasteiger partial charge is 0.224 e. The lowest BCUT2D eigenvalue weighted by Crippen LogP contribution is -2.31. The van der Waals surface area contributed by atoms with E-state index in [2.05, 4.69) is 5.32 Å². The normalized spacial score (nSPS) is 19.5. The predicted octanol–water partition coefficient (Wildman–Crippen LogP) is 1.72. The second kappa shape index (κ2) is 7.29. The Morgan fingerprint density at radius 2 is 2.04 bits per heavy atom. The highest BCUT2D eigenvalue weighted by Gasteiger charge is 2.32. The molecule has 0 unspecified atom stereocenters. The van der Waals surface area contributed by atoms with Gasteiger partial charge in [0.15, 0.2) is 9.84 Å². The molecular formula is C16H23FN2O3S. The fraction of sp³-hybridized carbons (Fsp3) is 0.562. The predicted molar refractivity (Wildman–Crippen MR) is 88.6 cm³/mol. The third-order valence-corrected chi connectivity index (χ3v) is 5.95. The average Bonchev–Trinajstić information content (AvgIpc) is 2.88. The summed E-state index contributed by atoms with van der Waals surface area (Å²) in [4.78, 5) is 13.9. The van der Waals surface area contributed by atoms with E-state index < -0.39 is 15.8 Å². The van der Waals surface area contributed by atoms with Crippen molar-refractivity contribution in [3.05, 3.63) is 29.6 Å². The molecule has 1 saturated heterocycles. The van der Waals surface area contributed by atoms with Crippen molar-refractivity contribution in [2.24, 2.45) is 5.92 Å². The van der Waals surface area contributed by atoms with Crippen molar-refractivity contribution in [2.75, 3.05) is 29.5 Å². The monoisotopic (exact) mass is 342 g/mol. The minimum absolute atomic E-state index is 0.0677. The summed E-state index contributed by atoms with van der Waals surface area (Å²) in [7, 11) is -3.08. The van der Waals surface area contributed by atoms with Crippen LogP contribution in [0.3, 0.4) is 0 Å². The first kappa shape index (κ1) is 17.7. The standard InChI is InChI=1S/C16H23FN2O3S/c1-3-19(4-2)15-6-5-12(9-14(15)17)10-18-16(20)13-7-8-23(21,22)11-13/h5-6,9,13H,3-4,7-8,10-11H2,1-2H3,(H,18,20)/t13-/m1/s1. The third kappa shape index (κ3) is 4.43. The van der Waals surface area contributed by atoms with Crippen LogP contribution in [0.2, 0.25) is 0 Å². The van der Waals surface area contributed by atoms with Crippen molar-refractivity contribution in [2.45, 2.75) is 26.8 Å². The highest BCUT2D eigenvalue weighted by Crippen LogP contribution is 2.21. The molecule has 1 aliphatic rings. The molecule has 5 nitrogen and oxygen atoms in total. The molecule has 1 amide bonds. The van der Waals surface area contributed by atoms with Gasteiger partial charge in [-0.3, -0.25) is 4.79 Å². The highest BCUT2D eigenvalue weighted by molar-refractivity contribution is 7.91. The van der Waals surface area contributed by atoms with Crippen molar-refractivity contribution in [1.82, 2.24) is 5.32 Å². The lowest BCUT2D eigenvalue weighted by Gasteiger charge is -2.22. The lowest BCUT2D eigenvalue weighted by atomic mass is 10.1. The van der Waals surface area contributed by atoms with Crippen LogP contribution in [0.25, 0.3) is 0 Å². The number of sulfone groups is 1. The van der Waals surface area contributed by atoms with Gasteiger partial charge >= 0.3 is 0 Å². The molecular weight excluding hydrogens is 319 g/mol. The molecule has 1 fully saturated rings. The van der Waals surface area contributed by atoms with E-state index >= 15 is 0 Å². The molecule has 1 aliphatic heterocycles. The summed E-state index contributed by atoms with van der Waals surface area (Å²) in [6.45, 7) is 5.57. The number of halogens is 1. The summed E-state index contributed by atoms with van der Waals surface area (Å²) in [6.07, 6.45) is 0.365. The van der Waals surface area contributed by atoms with Gasteiger partial charge < -0.3 is 10.2 Å². The van der Waals surface area contributed by atoms with Crippen LogP contribution in [0.1, 0.15) is 25.8 Å². The fourth-order valence-corrected chi connectivity index (χ4v) is 4.56. The number of carbonyl (C=O) groups is 1. The Morgan fingerprint density at radius 1 is 1.35 bits per heavy atom. The van der Waals surface area contributed by atoms with Crippen LogP contribution < -0.4 is 10.2 Å². The number of rotatable bonds is 6. The van der Waals surface area contributed by atoms with Crippen LogP contribution in [-0.4, -0.2) is 38.9 Å². The molecule has 0 radical (unpaired) electrons. The minimum Gasteiger partial charge on any atom is -0.370 e. The summed E-state index contributed by atoms with van der Waals surface area (Å²) in [5, 5.41) is 2.70. The number of nitrogens with one attached hydrogen (secondary N) is 1.